The molecule has 4 heteroatoms. The topological polar surface area (TPSA) is 15.5 Å². The molecule has 4 aromatic heterocycles. The van der Waals surface area contributed by atoms with Gasteiger partial charge in [0.05, 0.1) is 0 Å². The summed E-state index contributed by atoms with van der Waals surface area (Å²) in [7, 11) is 8.32. The Bertz CT molecular complexity index is 4660. The second kappa shape index (κ2) is 30.7. The van der Waals surface area contributed by atoms with Crippen molar-refractivity contribution in [2.24, 2.45) is 28.2 Å². The van der Waals surface area contributed by atoms with Crippen molar-refractivity contribution in [3.8, 4) is 89.5 Å². The molecular formula is C87H94N4+4. The summed E-state index contributed by atoms with van der Waals surface area (Å²) in [5, 5.41) is 0. The maximum absolute atomic E-state index is 8.20. The largest absolute Gasteiger partial charge is 0.212 e. The number of hydrogen-bond acceptors (Lipinski definition) is 0. The summed E-state index contributed by atoms with van der Waals surface area (Å²) in [5.74, 6) is -0.497. The molecule has 0 bridgehead atoms. The molecule has 0 radical (unpaired) electrons. The zero-order valence-electron chi connectivity index (χ0n) is 61.8. The molecule has 458 valence electrons. The smallest absolute Gasteiger partial charge is 0.200 e. The quantitative estimate of drug-likeness (QED) is 0.108. The normalized spacial score (nSPS) is 12.8. The van der Waals surface area contributed by atoms with Gasteiger partial charge in [0.1, 0.15) is 28.2 Å². The van der Waals surface area contributed by atoms with Gasteiger partial charge in [-0.15, -0.1) is 0 Å². The molecule has 0 fully saturated rings. The predicted molar refractivity (Wildman–Crippen MR) is 385 cm³/mol. The molecule has 0 amide bonds. The molecule has 0 saturated carbocycles. The minimum absolute atomic E-state index is 0.493. The van der Waals surface area contributed by atoms with Crippen LogP contribution in [0.25, 0.3) is 89.5 Å². The van der Waals surface area contributed by atoms with Crippen LogP contribution in [-0.4, -0.2) is 0 Å². The first kappa shape index (κ1) is 57.8. The first-order chi connectivity index (χ1) is 46.1. The second-order valence-electron chi connectivity index (χ2n) is 24.5. The van der Waals surface area contributed by atoms with Crippen LogP contribution < -0.4 is 18.3 Å². The Hall–Kier alpha value is -9.64. The summed E-state index contributed by atoms with van der Waals surface area (Å²) >= 11 is 0. The van der Waals surface area contributed by atoms with Crippen LogP contribution in [0.3, 0.4) is 0 Å². The second-order valence-corrected chi connectivity index (χ2v) is 24.5. The fourth-order valence-electron chi connectivity index (χ4n) is 11.6. The summed E-state index contributed by atoms with van der Waals surface area (Å²) < 4.78 is 55.2. The van der Waals surface area contributed by atoms with Gasteiger partial charge < -0.3 is 0 Å². The van der Waals surface area contributed by atoms with Crippen molar-refractivity contribution >= 4 is 0 Å². The highest BCUT2D eigenvalue weighted by atomic mass is 14.9. The van der Waals surface area contributed by atoms with E-state index in [1.54, 1.807) is 19.1 Å². The van der Waals surface area contributed by atoms with Crippen LogP contribution in [0, 0.1) is 27.7 Å². The standard InChI is InChI=1S/3C22H24N.C21H22N/c1-16(2)18-9-7-10-19(14-18)20-12-13-22(23(4)15-20)21-11-6-5-8-17(21)3;2*1-16(2)18-9-11-19(12-10-18)20-13-14-22(23(4)15-20)21-8-6-5-7-17(21)3;1-4-17-9-11-18(12-10-17)19-13-14-21(22(3)15-19)20-8-6-5-7-16(20)2/h3*5-16H,1-4H3;5-15H,4H2,1-3H3/q4*+1/i;1D3,16D;;4D2. The number of pyridine rings is 4. The van der Waals surface area contributed by atoms with E-state index in [4.69, 9.17) is 8.22 Å². The van der Waals surface area contributed by atoms with E-state index in [1.165, 1.54) is 102 Å². The third-order valence-corrected chi connectivity index (χ3v) is 17.2. The summed E-state index contributed by atoms with van der Waals surface area (Å²) in [4.78, 5) is 0. The van der Waals surface area contributed by atoms with Gasteiger partial charge in [0.25, 0.3) is 0 Å². The fourth-order valence-corrected chi connectivity index (χ4v) is 11.6. The molecule has 12 rings (SSSR count). The fraction of sp³-hybridized carbons (Fsp3) is 0.218. The lowest BCUT2D eigenvalue weighted by molar-refractivity contribution is -0.660. The van der Waals surface area contributed by atoms with E-state index in [0.29, 0.717) is 23.0 Å². The van der Waals surface area contributed by atoms with Crippen LogP contribution >= 0.6 is 0 Å². The molecule has 4 heterocycles. The SMILES string of the molecule is Cc1ccccc1-c1ccc(-c2ccc(C(C)C)cc2)c[n+]1C.Cc1ccccc1-c1ccc(-c2cccc(C(C)C)c2)c[n+]1C.[2H]C([2H])(C)c1ccc(-c2ccc(-c3ccccc3C)[n+](C)c2)cc1.[2H]C([2H])([2H])C([2H])(C)c1ccc(-c2ccc(-c3ccccc3C)[n+](C)c2)cc1. The molecule has 0 aliphatic heterocycles. The lowest BCUT2D eigenvalue weighted by Gasteiger charge is -2.09. The molecular weight excluding hydrogens is 1100 g/mol. The van der Waals surface area contributed by atoms with Crippen molar-refractivity contribution in [1.29, 1.82) is 0 Å². The maximum Gasteiger partial charge on any atom is 0.212 e. The van der Waals surface area contributed by atoms with Crippen molar-refractivity contribution in [1.82, 2.24) is 0 Å². The summed E-state index contributed by atoms with van der Waals surface area (Å²) in [6.07, 6.45) is 7.32. The van der Waals surface area contributed by atoms with Crippen molar-refractivity contribution in [2.45, 2.75) is 100 Å². The van der Waals surface area contributed by atoms with Crippen LogP contribution in [0.2, 0.25) is 0 Å². The molecule has 0 N–H and O–H groups in total. The Morgan fingerprint density at radius 2 is 0.615 bits per heavy atom. The predicted octanol–water partition coefficient (Wildman–Crippen LogP) is 20.5. The summed E-state index contributed by atoms with van der Waals surface area (Å²) in [5.41, 5.74) is 28.2. The average Bonchev–Trinajstić information content (AvgIpc) is 0.813. The van der Waals surface area contributed by atoms with Crippen molar-refractivity contribution in [3.63, 3.8) is 0 Å². The lowest BCUT2D eigenvalue weighted by atomic mass is 9.97. The van der Waals surface area contributed by atoms with Gasteiger partial charge in [-0.2, -0.15) is 0 Å². The first-order valence-corrected chi connectivity index (χ1v) is 31.7. The maximum atomic E-state index is 8.20. The van der Waals surface area contributed by atoms with Crippen LogP contribution in [0.4, 0.5) is 0 Å². The zero-order valence-corrected chi connectivity index (χ0v) is 55.8. The highest BCUT2D eigenvalue weighted by molar-refractivity contribution is 5.70. The van der Waals surface area contributed by atoms with Crippen LogP contribution in [0.15, 0.2) is 267 Å². The van der Waals surface area contributed by atoms with E-state index in [-0.39, 0.29) is 0 Å². The Labute approximate surface area is 553 Å². The summed E-state index contributed by atoms with van der Waals surface area (Å²) in [6.45, 7) is 18.1. The van der Waals surface area contributed by atoms with Crippen molar-refractivity contribution in [3.05, 3.63) is 312 Å². The molecule has 1 unspecified atom stereocenters. The van der Waals surface area contributed by atoms with Crippen LogP contribution in [0.1, 0.15) is 119 Å². The average molecular weight is 1200 g/mol. The first-order valence-electron chi connectivity index (χ1n) is 34.7. The number of nitrogens with zero attached hydrogens (tertiary/aromatic N) is 4. The minimum atomic E-state index is -2.36. The highest BCUT2D eigenvalue weighted by Crippen LogP contribution is 2.30. The van der Waals surface area contributed by atoms with Gasteiger partial charge in [-0.05, 0) is 167 Å². The van der Waals surface area contributed by atoms with Crippen LogP contribution in [-0.2, 0) is 34.6 Å². The Balaban J connectivity index is 0.000000152. The van der Waals surface area contributed by atoms with Crippen LogP contribution in [0.5, 0.6) is 0 Å². The molecule has 8 aromatic carbocycles. The third-order valence-electron chi connectivity index (χ3n) is 17.2. The van der Waals surface area contributed by atoms with E-state index in [1.807, 2.05) is 55.6 Å². The van der Waals surface area contributed by atoms with E-state index in [0.717, 1.165) is 27.9 Å². The van der Waals surface area contributed by atoms with E-state index in [2.05, 4.69) is 302 Å². The molecule has 4 nitrogen and oxygen atoms in total. The van der Waals surface area contributed by atoms with Gasteiger partial charge in [-0.25, -0.2) is 18.3 Å². The lowest BCUT2D eigenvalue weighted by Crippen LogP contribution is -2.30. The molecule has 0 spiro atoms. The van der Waals surface area contributed by atoms with Gasteiger partial charge >= 0.3 is 0 Å². The van der Waals surface area contributed by atoms with Gasteiger partial charge in [0, 0.05) is 77.0 Å². The molecule has 12 aromatic rings. The number of rotatable bonds is 12. The van der Waals surface area contributed by atoms with Gasteiger partial charge in [-0.1, -0.05) is 218 Å². The molecule has 91 heavy (non-hydrogen) atoms. The number of aromatic nitrogens is 4. The number of aryl methyl sites for hydroxylation is 9. The highest BCUT2D eigenvalue weighted by Gasteiger charge is 2.18. The van der Waals surface area contributed by atoms with Gasteiger partial charge in [-0.3, -0.25) is 0 Å². The summed E-state index contributed by atoms with van der Waals surface area (Å²) in [6, 6.07) is 83.8. The van der Waals surface area contributed by atoms with E-state index < -0.39 is 19.1 Å². The van der Waals surface area contributed by atoms with Crippen molar-refractivity contribution < 1.29 is 26.5 Å². The van der Waals surface area contributed by atoms with E-state index >= 15 is 0 Å². The molecule has 0 saturated heterocycles. The Morgan fingerprint density at radius 3 is 0.912 bits per heavy atom. The Morgan fingerprint density at radius 1 is 0.319 bits per heavy atom. The minimum Gasteiger partial charge on any atom is -0.200 e. The zero-order chi connectivity index (χ0) is 69.9. The molecule has 0 aliphatic carbocycles. The Kier molecular flexibility index (Phi) is 19.5. The van der Waals surface area contributed by atoms with Crippen molar-refractivity contribution in [2.75, 3.05) is 0 Å². The van der Waals surface area contributed by atoms with Gasteiger partial charge in [0.2, 0.25) is 22.8 Å². The third kappa shape index (κ3) is 16.6. The molecule has 1 atom stereocenters. The number of hydrogen-bond donors (Lipinski definition) is 0. The van der Waals surface area contributed by atoms with E-state index in [9.17, 15) is 0 Å². The van der Waals surface area contributed by atoms with Gasteiger partial charge in [0.15, 0.2) is 24.8 Å². The monoisotopic (exact) mass is 1200 g/mol. The molecule has 0 aliphatic rings. The number of benzene rings is 8.